The van der Waals surface area contributed by atoms with Crippen LogP contribution >= 0.6 is 0 Å². The second-order valence-corrected chi connectivity index (χ2v) is 7.49. The third-order valence-corrected chi connectivity index (χ3v) is 5.69. The van der Waals surface area contributed by atoms with E-state index in [1.165, 1.54) is 6.42 Å². The standard InChI is InChI=1S/C19H27N5O/c20-18-15-4-1-2-5-16(15)21-17(22-18)14-24-12-10-23(11-13-24)9-8-19(25)6-3-7-19/h1-2,4-5,25H,3,6-14H2,(H2,20,21,22). The summed E-state index contributed by atoms with van der Waals surface area (Å²) in [6.07, 6.45) is 4.05. The van der Waals surface area contributed by atoms with Gasteiger partial charge in [0.15, 0.2) is 0 Å². The summed E-state index contributed by atoms with van der Waals surface area (Å²) < 4.78 is 0. The first-order valence-electron chi connectivity index (χ1n) is 9.30. The molecule has 0 spiro atoms. The highest BCUT2D eigenvalue weighted by Gasteiger charge is 2.34. The average Bonchev–Trinajstić information content (AvgIpc) is 2.60. The zero-order valence-corrected chi connectivity index (χ0v) is 14.7. The molecule has 0 atom stereocenters. The number of nitrogens with two attached hydrogens (primary N) is 1. The van der Waals surface area contributed by atoms with Crippen molar-refractivity contribution in [2.45, 2.75) is 37.8 Å². The van der Waals surface area contributed by atoms with Crippen LogP contribution in [-0.4, -0.2) is 63.2 Å². The number of anilines is 1. The van der Waals surface area contributed by atoms with Gasteiger partial charge in [-0.1, -0.05) is 12.1 Å². The molecule has 1 aromatic carbocycles. The summed E-state index contributed by atoms with van der Waals surface area (Å²) in [5.41, 5.74) is 6.63. The smallest absolute Gasteiger partial charge is 0.145 e. The molecule has 25 heavy (non-hydrogen) atoms. The molecule has 1 aliphatic carbocycles. The van der Waals surface area contributed by atoms with Crippen LogP contribution in [-0.2, 0) is 6.54 Å². The molecule has 2 fully saturated rings. The van der Waals surface area contributed by atoms with Crippen LogP contribution in [0, 0.1) is 0 Å². The summed E-state index contributed by atoms with van der Waals surface area (Å²) in [5, 5.41) is 11.2. The van der Waals surface area contributed by atoms with Crippen molar-refractivity contribution in [2.75, 3.05) is 38.5 Å². The SMILES string of the molecule is Nc1nc(CN2CCN(CCC3(O)CCC3)CC2)nc2ccccc12. The molecule has 0 bridgehead atoms. The minimum Gasteiger partial charge on any atom is -0.390 e. The number of nitrogen functional groups attached to an aromatic ring is 1. The van der Waals surface area contributed by atoms with Crippen molar-refractivity contribution < 1.29 is 5.11 Å². The molecule has 4 rings (SSSR count). The van der Waals surface area contributed by atoms with Crippen LogP contribution in [0.4, 0.5) is 5.82 Å². The number of hydrogen-bond donors (Lipinski definition) is 2. The maximum absolute atomic E-state index is 10.2. The molecule has 1 saturated carbocycles. The van der Waals surface area contributed by atoms with Crippen molar-refractivity contribution in [3.8, 4) is 0 Å². The van der Waals surface area contributed by atoms with Gasteiger partial charge in [-0.3, -0.25) is 4.90 Å². The lowest BCUT2D eigenvalue weighted by atomic mass is 9.78. The molecule has 1 aliphatic heterocycles. The summed E-state index contributed by atoms with van der Waals surface area (Å²) in [6, 6.07) is 7.89. The first-order valence-corrected chi connectivity index (χ1v) is 9.30. The average molecular weight is 341 g/mol. The van der Waals surface area contributed by atoms with Crippen LogP contribution in [0.2, 0.25) is 0 Å². The van der Waals surface area contributed by atoms with Crippen LogP contribution in [0.25, 0.3) is 10.9 Å². The number of aliphatic hydroxyl groups is 1. The maximum Gasteiger partial charge on any atom is 0.145 e. The summed E-state index contributed by atoms with van der Waals surface area (Å²) in [6.45, 7) is 5.85. The number of nitrogens with zero attached hydrogens (tertiary/aromatic N) is 4. The van der Waals surface area contributed by atoms with Gasteiger partial charge in [0.2, 0.25) is 0 Å². The van der Waals surface area contributed by atoms with Crippen molar-refractivity contribution in [3.63, 3.8) is 0 Å². The molecular weight excluding hydrogens is 314 g/mol. The van der Waals surface area contributed by atoms with Crippen molar-refractivity contribution in [2.24, 2.45) is 0 Å². The van der Waals surface area contributed by atoms with Crippen molar-refractivity contribution >= 4 is 16.7 Å². The summed E-state index contributed by atoms with van der Waals surface area (Å²) in [7, 11) is 0. The molecule has 0 radical (unpaired) electrons. The minimum atomic E-state index is -0.367. The highest BCUT2D eigenvalue weighted by molar-refractivity contribution is 5.87. The fraction of sp³-hybridized carbons (Fsp3) is 0.579. The quantitative estimate of drug-likeness (QED) is 0.861. The molecule has 134 valence electrons. The number of para-hydroxylation sites is 1. The first kappa shape index (κ1) is 16.7. The number of piperazine rings is 1. The monoisotopic (exact) mass is 341 g/mol. The van der Waals surface area contributed by atoms with E-state index in [9.17, 15) is 5.11 Å². The minimum absolute atomic E-state index is 0.367. The second kappa shape index (κ2) is 6.86. The van der Waals surface area contributed by atoms with Crippen LogP contribution < -0.4 is 5.73 Å². The molecular formula is C19H27N5O. The topological polar surface area (TPSA) is 78.5 Å². The van der Waals surface area contributed by atoms with E-state index in [1.807, 2.05) is 24.3 Å². The van der Waals surface area contributed by atoms with E-state index in [1.54, 1.807) is 0 Å². The molecule has 6 heteroatoms. The van der Waals surface area contributed by atoms with E-state index in [0.29, 0.717) is 5.82 Å². The molecule has 2 heterocycles. The summed E-state index contributed by atoms with van der Waals surface area (Å²) in [4.78, 5) is 14.0. The Bertz CT molecular complexity index is 738. The van der Waals surface area contributed by atoms with E-state index in [2.05, 4.69) is 19.8 Å². The van der Waals surface area contributed by atoms with Gasteiger partial charge in [0.25, 0.3) is 0 Å². The van der Waals surface area contributed by atoms with Gasteiger partial charge in [0.1, 0.15) is 11.6 Å². The zero-order chi connectivity index (χ0) is 17.3. The Kier molecular flexibility index (Phi) is 4.58. The van der Waals surface area contributed by atoms with Crippen LogP contribution in [0.15, 0.2) is 24.3 Å². The number of rotatable bonds is 5. The fourth-order valence-electron chi connectivity index (χ4n) is 3.79. The lowest BCUT2D eigenvalue weighted by Crippen LogP contribution is -2.48. The second-order valence-electron chi connectivity index (χ2n) is 7.49. The van der Waals surface area contributed by atoms with Crippen LogP contribution in [0.5, 0.6) is 0 Å². The fourth-order valence-corrected chi connectivity index (χ4v) is 3.79. The highest BCUT2D eigenvalue weighted by atomic mass is 16.3. The normalized spacial score (nSPS) is 21.3. The number of aromatic nitrogens is 2. The van der Waals surface area contributed by atoms with Gasteiger partial charge in [0, 0.05) is 38.1 Å². The maximum atomic E-state index is 10.2. The molecule has 0 amide bonds. The summed E-state index contributed by atoms with van der Waals surface area (Å²) >= 11 is 0. The summed E-state index contributed by atoms with van der Waals surface area (Å²) in [5.74, 6) is 1.36. The zero-order valence-electron chi connectivity index (χ0n) is 14.7. The first-order chi connectivity index (χ1) is 12.1. The predicted molar refractivity (Wildman–Crippen MR) is 99.1 cm³/mol. The van der Waals surface area contributed by atoms with Gasteiger partial charge < -0.3 is 15.7 Å². The van der Waals surface area contributed by atoms with Crippen molar-refractivity contribution in [1.29, 1.82) is 0 Å². The van der Waals surface area contributed by atoms with E-state index in [0.717, 1.165) is 75.3 Å². The number of fused-ring (bicyclic) bond motifs is 1. The lowest BCUT2D eigenvalue weighted by molar-refractivity contribution is -0.0486. The largest absolute Gasteiger partial charge is 0.390 e. The van der Waals surface area contributed by atoms with E-state index >= 15 is 0 Å². The molecule has 3 N–H and O–H groups in total. The Morgan fingerprint density at radius 1 is 1.04 bits per heavy atom. The van der Waals surface area contributed by atoms with Crippen LogP contribution in [0.3, 0.4) is 0 Å². The third kappa shape index (κ3) is 3.76. The Morgan fingerprint density at radius 2 is 1.76 bits per heavy atom. The van der Waals surface area contributed by atoms with Gasteiger partial charge in [-0.05, 0) is 37.8 Å². The Morgan fingerprint density at radius 3 is 2.48 bits per heavy atom. The molecule has 1 aromatic heterocycles. The van der Waals surface area contributed by atoms with Gasteiger partial charge in [-0.15, -0.1) is 0 Å². The third-order valence-electron chi connectivity index (χ3n) is 5.69. The lowest BCUT2D eigenvalue weighted by Gasteiger charge is -2.40. The van der Waals surface area contributed by atoms with Gasteiger partial charge >= 0.3 is 0 Å². The van der Waals surface area contributed by atoms with Gasteiger partial charge in [-0.2, -0.15) is 0 Å². The molecule has 1 saturated heterocycles. The molecule has 6 nitrogen and oxygen atoms in total. The number of hydrogen-bond acceptors (Lipinski definition) is 6. The van der Waals surface area contributed by atoms with Crippen molar-refractivity contribution in [3.05, 3.63) is 30.1 Å². The Balaban J connectivity index is 1.31. The van der Waals surface area contributed by atoms with Crippen LogP contribution in [0.1, 0.15) is 31.5 Å². The predicted octanol–water partition coefficient (Wildman–Crippen LogP) is 1.63. The Hall–Kier alpha value is -1.76. The number of benzene rings is 1. The molecule has 2 aliphatic rings. The van der Waals surface area contributed by atoms with E-state index in [4.69, 9.17) is 5.73 Å². The highest BCUT2D eigenvalue weighted by Crippen LogP contribution is 2.34. The van der Waals surface area contributed by atoms with Crippen molar-refractivity contribution in [1.82, 2.24) is 19.8 Å². The van der Waals surface area contributed by atoms with Gasteiger partial charge in [0.05, 0.1) is 17.7 Å². The molecule has 2 aromatic rings. The molecule has 0 unspecified atom stereocenters. The van der Waals surface area contributed by atoms with E-state index in [-0.39, 0.29) is 5.60 Å². The Labute approximate surface area is 148 Å². The van der Waals surface area contributed by atoms with Gasteiger partial charge in [-0.25, -0.2) is 9.97 Å². The van der Waals surface area contributed by atoms with E-state index < -0.39 is 0 Å².